The molecule has 0 unspecified atom stereocenters. The average Bonchev–Trinajstić information content (AvgIpc) is 3.20. The number of carboxylic acid groups (broad SMARTS) is 1. The monoisotopic (exact) mass is 305 g/mol. The molecule has 1 fully saturated rings. The van der Waals surface area contributed by atoms with Gasteiger partial charge in [-0.25, -0.2) is 9.59 Å². The third kappa shape index (κ3) is 4.76. The number of alkyl carbamates (subject to hydrolysis) is 1. The second kappa shape index (κ2) is 6.38. The molecule has 1 saturated carbocycles. The van der Waals surface area contributed by atoms with Crippen molar-refractivity contribution in [2.24, 2.45) is 0 Å². The summed E-state index contributed by atoms with van der Waals surface area (Å²) in [7, 11) is 0. The Balaban J connectivity index is 2.06. The molecule has 0 aromatic heterocycles. The zero-order chi connectivity index (χ0) is 16.3. The van der Waals surface area contributed by atoms with Crippen molar-refractivity contribution in [3.05, 3.63) is 35.4 Å². The van der Waals surface area contributed by atoms with Gasteiger partial charge >= 0.3 is 12.1 Å². The molecular weight excluding hydrogens is 282 g/mol. The van der Waals surface area contributed by atoms with Gasteiger partial charge in [0.25, 0.3) is 0 Å². The Bertz CT molecular complexity index is 558. The Labute approximate surface area is 130 Å². The molecule has 1 aliphatic carbocycles. The lowest BCUT2D eigenvalue weighted by Gasteiger charge is -2.22. The van der Waals surface area contributed by atoms with Crippen LogP contribution in [0, 0.1) is 0 Å². The van der Waals surface area contributed by atoms with E-state index in [-0.39, 0.29) is 6.42 Å². The fraction of sp³-hybridized carbons (Fsp3) is 0.529. The highest BCUT2D eigenvalue weighted by Gasteiger charge is 2.29. The van der Waals surface area contributed by atoms with Crippen LogP contribution in [-0.2, 0) is 16.0 Å². The normalized spacial score (nSPS) is 16.0. The zero-order valence-electron chi connectivity index (χ0n) is 13.3. The molecule has 5 nitrogen and oxygen atoms in total. The van der Waals surface area contributed by atoms with E-state index in [2.05, 4.69) is 5.32 Å². The summed E-state index contributed by atoms with van der Waals surface area (Å²) in [6.07, 6.45) is 1.85. The zero-order valence-corrected chi connectivity index (χ0v) is 13.3. The Morgan fingerprint density at radius 2 is 1.95 bits per heavy atom. The van der Waals surface area contributed by atoms with Crippen molar-refractivity contribution in [3.8, 4) is 0 Å². The first-order chi connectivity index (χ1) is 10.3. The van der Waals surface area contributed by atoms with Gasteiger partial charge in [-0.2, -0.15) is 0 Å². The SMILES string of the molecule is CC(C)(C)OC(=O)N[C@H](Cc1ccccc1C1CC1)C(=O)O. The molecule has 22 heavy (non-hydrogen) atoms. The van der Waals surface area contributed by atoms with Crippen LogP contribution in [0.1, 0.15) is 50.7 Å². The maximum Gasteiger partial charge on any atom is 0.408 e. The van der Waals surface area contributed by atoms with Gasteiger partial charge in [0.1, 0.15) is 11.6 Å². The topological polar surface area (TPSA) is 75.6 Å². The van der Waals surface area contributed by atoms with Crippen LogP contribution >= 0.6 is 0 Å². The molecule has 2 rings (SSSR count). The number of hydrogen-bond donors (Lipinski definition) is 2. The van der Waals surface area contributed by atoms with Gasteiger partial charge in [0.15, 0.2) is 0 Å². The molecule has 0 radical (unpaired) electrons. The van der Waals surface area contributed by atoms with E-state index in [1.807, 2.05) is 24.3 Å². The van der Waals surface area contributed by atoms with E-state index in [4.69, 9.17) is 4.74 Å². The highest BCUT2D eigenvalue weighted by atomic mass is 16.6. The lowest BCUT2D eigenvalue weighted by molar-refractivity contribution is -0.139. The summed E-state index contributed by atoms with van der Waals surface area (Å²) in [6.45, 7) is 5.22. The van der Waals surface area contributed by atoms with Gasteiger partial charge in [-0.15, -0.1) is 0 Å². The van der Waals surface area contributed by atoms with Crippen LogP contribution in [0.2, 0.25) is 0 Å². The number of hydrogen-bond acceptors (Lipinski definition) is 3. The van der Waals surface area contributed by atoms with Crippen LogP contribution in [-0.4, -0.2) is 28.8 Å². The molecule has 0 spiro atoms. The van der Waals surface area contributed by atoms with E-state index in [0.29, 0.717) is 5.92 Å². The van der Waals surface area contributed by atoms with Crippen molar-refractivity contribution in [2.75, 3.05) is 0 Å². The molecule has 1 amide bonds. The number of carbonyl (C=O) groups is 2. The van der Waals surface area contributed by atoms with Crippen molar-refractivity contribution < 1.29 is 19.4 Å². The molecule has 120 valence electrons. The molecular formula is C17H23NO4. The first-order valence-corrected chi connectivity index (χ1v) is 7.56. The molecule has 0 bridgehead atoms. The van der Waals surface area contributed by atoms with Gasteiger partial charge < -0.3 is 15.2 Å². The highest BCUT2D eigenvalue weighted by Crippen LogP contribution is 2.41. The number of aliphatic carboxylic acids is 1. The summed E-state index contributed by atoms with van der Waals surface area (Å²) < 4.78 is 5.13. The summed E-state index contributed by atoms with van der Waals surface area (Å²) in [4.78, 5) is 23.2. The van der Waals surface area contributed by atoms with Crippen LogP contribution in [0.4, 0.5) is 4.79 Å². The number of carbonyl (C=O) groups excluding carboxylic acids is 1. The second-order valence-corrected chi connectivity index (χ2v) is 6.71. The molecule has 0 saturated heterocycles. The Hall–Kier alpha value is -2.04. The van der Waals surface area contributed by atoms with Crippen LogP contribution in [0.5, 0.6) is 0 Å². The fourth-order valence-electron chi connectivity index (χ4n) is 2.38. The standard InChI is InChI=1S/C17H23NO4/c1-17(2,3)22-16(21)18-14(15(19)20)10-12-6-4-5-7-13(12)11-8-9-11/h4-7,11,14H,8-10H2,1-3H3,(H,18,21)(H,19,20)/t14-/m1/s1. The van der Waals surface area contributed by atoms with E-state index >= 15 is 0 Å². The quantitative estimate of drug-likeness (QED) is 0.876. The smallest absolute Gasteiger partial charge is 0.408 e. The van der Waals surface area contributed by atoms with Crippen molar-refractivity contribution in [1.29, 1.82) is 0 Å². The molecule has 1 aromatic rings. The first-order valence-electron chi connectivity index (χ1n) is 7.56. The number of amides is 1. The van der Waals surface area contributed by atoms with Crippen LogP contribution in [0.3, 0.4) is 0 Å². The third-order valence-corrected chi connectivity index (χ3v) is 3.49. The van der Waals surface area contributed by atoms with Crippen molar-refractivity contribution in [2.45, 2.75) is 57.6 Å². The number of ether oxygens (including phenoxy) is 1. The van der Waals surface area contributed by atoms with Crippen molar-refractivity contribution in [3.63, 3.8) is 0 Å². The molecule has 2 N–H and O–H groups in total. The van der Waals surface area contributed by atoms with Crippen molar-refractivity contribution in [1.82, 2.24) is 5.32 Å². The van der Waals surface area contributed by atoms with E-state index in [9.17, 15) is 14.7 Å². The summed E-state index contributed by atoms with van der Waals surface area (Å²) in [5.41, 5.74) is 1.52. The molecule has 1 atom stereocenters. The predicted molar refractivity (Wildman–Crippen MR) is 82.9 cm³/mol. The lowest BCUT2D eigenvalue weighted by Crippen LogP contribution is -2.44. The summed E-state index contributed by atoms with van der Waals surface area (Å²) in [6, 6.07) is 6.84. The Kier molecular flexibility index (Phi) is 4.74. The highest BCUT2D eigenvalue weighted by molar-refractivity contribution is 5.80. The minimum atomic E-state index is -1.06. The van der Waals surface area contributed by atoms with E-state index in [1.54, 1.807) is 20.8 Å². The van der Waals surface area contributed by atoms with Gasteiger partial charge in [0.2, 0.25) is 0 Å². The van der Waals surface area contributed by atoms with E-state index in [0.717, 1.165) is 18.4 Å². The largest absolute Gasteiger partial charge is 0.480 e. The lowest BCUT2D eigenvalue weighted by atomic mass is 9.97. The first kappa shape index (κ1) is 16.3. The predicted octanol–water partition coefficient (Wildman–Crippen LogP) is 3.08. The van der Waals surface area contributed by atoms with Gasteiger partial charge in [-0.3, -0.25) is 0 Å². The van der Waals surface area contributed by atoms with Gasteiger partial charge in [0, 0.05) is 6.42 Å². The third-order valence-electron chi connectivity index (χ3n) is 3.49. The second-order valence-electron chi connectivity index (χ2n) is 6.71. The average molecular weight is 305 g/mol. The molecule has 5 heteroatoms. The van der Waals surface area contributed by atoms with Crippen LogP contribution < -0.4 is 5.32 Å². The minimum absolute atomic E-state index is 0.265. The van der Waals surface area contributed by atoms with Crippen LogP contribution in [0.25, 0.3) is 0 Å². The number of benzene rings is 1. The van der Waals surface area contributed by atoms with Gasteiger partial charge in [-0.05, 0) is 50.7 Å². The molecule has 1 aromatic carbocycles. The maximum absolute atomic E-state index is 11.8. The van der Waals surface area contributed by atoms with Crippen molar-refractivity contribution >= 4 is 12.1 Å². The van der Waals surface area contributed by atoms with Gasteiger partial charge in [-0.1, -0.05) is 24.3 Å². The number of rotatable bonds is 5. The Morgan fingerprint density at radius 1 is 1.32 bits per heavy atom. The van der Waals surface area contributed by atoms with E-state index < -0.39 is 23.7 Å². The van der Waals surface area contributed by atoms with E-state index in [1.165, 1.54) is 5.56 Å². The minimum Gasteiger partial charge on any atom is -0.480 e. The number of nitrogens with one attached hydrogen (secondary N) is 1. The number of carboxylic acids is 1. The molecule has 0 heterocycles. The fourth-order valence-corrected chi connectivity index (χ4v) is 2.38. The molecule has 1 aliphatic rings. The van der Waals surface area contributed by atoms with Crippen LogP contribution in [0.15, 0.2) is 24.3 Å². The Morgan fingerprint density at radius 3 is 2.50 bits per heavy atom. The summed E-state index contributed by atoms with van der Waals surface area (Å²) >= 11 is 0. The van der Waals surface area contributed by atoms with Gasteiger partial charge in [0.05, 0.1) is 0 Å². The summed E-state index contributed by atoms with van der Waals surface area (Å²) in [5.74, 6) is -0.524. The maximum atomic E-state index is 11.8. The summed E-state index contributed by atoms with van der Waals surface area (Å²) in [5, 5.41) is 11.8. The molecule has 0 aliphatic heterocycles.